The Morgan fingerprint density at radius 3 is 2.80 bits per heavy atom. The summed E-state index contributed by atoms with van der Waals surface area (Å²) < 4.78 is 16.8. The number of benzene rings is 1. The number of nitrogens with zero attached hydrogens (tertiary/aromatic N) is 1. The second-order valence-electron chi connectivity index (χ2n) is 6.65. The van der Waals surface area contributed by atoms with E-state index in [2.05, 4.69) is 5.16 Å². The molecule has 1 unspecified atom stereocenters. The zero-order chi connectivity index (χ0) is 18.6. The van der Waals surface area contributed by atoms with Gasteiger partial charge in [0.05, 0.1) is 0 Å². The van der Waals surface area contributed by atoms with E-state index in [4.69, 9.17) is 30.6 Å². The summed E-state index contributed by atoms with van der Waals surface area (Å²) in [6, 6.07) is 5.11. The summed E-state index contributed by atoms with van der Waals surface area (Å²) in [6.07, 6.45) is -1.09. The number of halogens is 1. The number of ether oxygens (including phenoxy) is 3. The van der Waals surface area contributed by atoms with Crippen molar-refractivity contribution in [3.8, 4) is 5.75 Å². The molecule has 0 N–H and O–H groups in total. The lowest BCUT2D eigenvalue weighted by molar-refractivity contribution is -0.162. The highest BCUT2D eigenvalue weighted by Crippen LogP contribution is 2.28. The normalized spacial score (nSPS) is 18.3. The molecule has 1 aliphatic rings. The quantitative estimate of drug-likeness (QED) is 0.717. The van der Waals surface area contributed by atoms with Crippen molar-refractivity contribution in [2.24, 2.45) is 5.16 Å². The van der Waals surface area contributed by atoms with Crippen LogP contribution in [0.4, 0.5) is 0 Å². The van der Waals surface area contributed by atoms with Gasteiger partial charge in [-0.1, -0.05) is 16.8 Å². The van der Waals surface area contributed by atoms with Crippen LogP contribution in [-0.2, 0) is 19.1 Å². The molecule has 0 aromatic heterocycles. The standard InChI is InChI=1S/C18H24ClNO5/c1-6-22-15-10-23-20-16(15)13-9-12(19)7-8-14(13)24-11(2)17(21)25-18(3,4)5/h7-9,11,15H,6,10H2,1-5H3/t11-,15?/m0/s1. The highest BCUT2D eigenvalue weighted by molar-refractivity contribution is 6.31. The van der Waals surface area contributed by atoms with Crippen molar-refractivity contribution < 1.29 is 23.8 Å². The van der Waals surface area contributed by atoms with Crippen LogP contribution in [0.2, 0.25) is 5.02 Å². The maximum Gasteiger partial charge on any atom is 0.347 e. The van der Waals surface area contributed by atoms with Gasteiger partial charge in [0.15, 0.2) is 6.10 Å². The molecule has 0 radical (unpaired) electrons. The van der Waals surface area contributed by atoms with Crippen LogP contribution in [0.1, 0.15) is 40.2 Å². The van der Waals surface area contributed by atoms with Crippen LogP contribution in [0.3, 0.4) is 0 Å². The predicted molar refractivity (Wildman–Crippen MR) is 95.3 cm³/mol. The van der Waals surface area contributed by atoms with E-state index >= 15 is 0 Å². The van der Waals surface area contributed by atoms with E-state index in [0.717, 1.165) is 0 Å². The van der Waals surface area contributed by atoms with Gasteiger partial charge in [-0.2, -0.15) is 0 Å². The maximum absolute atomic E-state index is 12.2. The average Bonchev–Trinajstić information content (AvgIpc) is 2.95. The van der Waals surface area contributed by atoms with Gasteiger partial charge < -0.3 is 19.0 Å². The molecular weight excluding hydrogens is 346 g/mol. The third-order valence-corrected chi connectivity index (χ3v) is 3.56. The largest absolute Gasteiger partial charge is 0.478 e. The summed E-state index contributed by atoms with van der Waals surface area (Å²) in [4.78, 5) is 17.3. The molecule has 1 heterocycles. The van der Waals surface area contributed by atoms with Crippen LogP contribution in [0.25, 0.3) is 0 Å². The lowest BCUT2D eigenvalue weighted by atomic mass is 10.0. The summed E-state index contributed by atoms with van der Waals surface area (Å²) in [6.45, 7) is 9.82. The Hall–Kier alpha value is -1.79. The molecule has 1 aliphatic heterocycles. The Morgan fingerprint density at radius 2 is 2.16 bits per heavy atom. The molecule has 0 fully saturated rings. The summed E-state index contributed by atoms with van der Waals surface area (Å²) in [5.74, 6) is 0.0241. The van der Waals surface area contributed by atoms with Crippen molar-refractivity contribution in [3.05, 3.63) is 28.8 Å². The third kappa shape index (κ3) is 5.34. The van der Waals surface area contributed by atoms with E-state index in [0.29, 0.717) is 35.3 Å². The topological polar surface area (TPSA) is 66.3 Å². The van der Waals surface area contributed by atoms with Crippen LogP contribution in [0, 0.1) is 0 Å². The van der Waals surface area contributed by atoms with E-state index < -0.39 is 17.7 Å². The summed E-state index contributed by atoms with van der Waals surface area (Å²) in [5, 5.41) is 4.58. The molecule has 0 saturated heterocycles. The Balaban J connectivity index is 2.23. The van der Waals surface area contributed by atoms with Gasteiger partial charge in [-0.25, -0.2) is 4.79 Å². The number of rotatable bonds is 6. The number of hydrogen-bond donors (Lipinski definition) is 0. The molecule has 0 aliphatic carbocycles. The fourth-order valence-corrected chi connectivity index (χ4v) is 2.46. The van der Waals surface area contributed by atoms with Crippen molar-refractivity contribution >= 4 is 23.3 Å². The first-order chi connectivity index (χ1) is 11.7. The number of oxime groups is 1. The molecule has 6 nitrogen and oxygen atoms in total. The lowest BCUT2D eigenvalue weighted by Gasteiger charge is -2.23. The molecule has 25 heavy (non-hydrogen) atoms. The first kappa shape index (κ1) is 19.5. The van der Waals surface area contributed by atoms with E-state index in [1.165, 1.54) is 0 Å². The van der Waals surface area contributed by atoms with Gasteiger partial charge in [0.2, 0.25) is 0 Å². The number of carbonyl (C=O) groups is 1. The molecule has 2 rings (SSSR count). The van der Waals surface area contributed by atoms with Gasteiger partial charge in [0.25, 0.3) is 0 Å². The highest BCUT2D eigenvalue weighted by Gasteiger charge is 2.30. The van der Waals surface area contributed by atoms with Crippen LogP contribution in [0.5, 0.6) is 5.75 Å². The monoisotopic (exact) mass is 369 g/mol. The average molecular weight is 370 g/mol. The van der Waals surface area contributed by atoms with Gasteiger partial charge in [-0.05, 0) is 52.8 Å². The van der Waals surface area contributed by atoms with Crippen LogP contribution < -0.4 is 4.74 Å². The Kier molecular flexibility index (Phi) is 6.30. The zero-order valence-corrected chi connectivity index (χ0v) is 15.9. The summed E-state index contributed by atoms with van der Waals surface area (Å²) in [7, 11) is 0. The van der Waals surface area contributed by atoms with Crippen LogP contribution >= 0.6 is 11.6 Å². The van der Waals surface area contributed by atoms with Crippen molar-refractivity contribution in [2.45, 2.75) is 52.4 Å². The first-order valence-corrected chi connectivity index (χ1v) is 8.60. The summed E-state index contributed by atoms with van der Waals surface area (Å²) in [5.41, 5.74) is 0.649. The van der Waals surface area contributed by atoms with Gasteiger partial charge in [0, 0.05) is 17.2 Å². The van der Waals surface area contributed by atoms with E-state index in [1.807, 2.05) is 27.7 Å². The molecular formula is C18H24ClNO5. The molecule has 0 amide bonds. The Bertz CT molecular complexity index is 653. The van der Waals surface area contributed by atoms with Gasteiger partial charge >= 0.3 is 5.97 Å². The zero-order valence-electron chi connectivity index (χ0n) is 15.2. The fourth-order valence-electron chi connectivity index (χ4n) is 2.29. The summed E-state index contributed by atoms with van der Waals surface area (Å²) >= 11 is 6.12. The smallest absolute Gasteiger partial charge is 0.347 e. The number of carbonyl (C=O) groups excluding carboxylic acids is 1. The number of hydrogen-bond acceptors (Lipinski definition) is 6. The lowest BCUT2D eigenvalue weighted by Crippen LogP contribution is -2.34. The first-order valence-electron chi connectivity index (χ1n) is 8.22. The highest BCUT2D eigenvalue weighted by atomic mass is 35.5. The van der Waals surface area contributed by atoms with Crippen molar-refractivity contribution in [1.82, 2.24) is 0 Å². The van der Waals surface area contributed by atoms with Gasteiger partial charge in [-0.3, -0.25) is 0 Å². The molecule has 1 aromatic carbocycles. The minimum absolute atomic E-state index is 0.303. The second kappa shape index (κ2) is 8.06. The molecule has 2 atom stereocenters. The minimum Gasteiger partial charge on any atom is -0.478 e. The fraction of sp³-hybridized carbons (Fsp3) is 0.556. The molecule has 1 aromatic rings. The Labute approximate surface area is 153 Å². The Morgan fingerprint density at radius 1 is 1.44 bits per heavy atom. The van der Waals surface area contributed by atoms with Gasteiger partial charge in [-0.15, -0.1) is 0 Å². The number of esters is 1. The molecule has 0 bridgehead atoms. The minimum atomic E-state index is -0.785. The van der Waals surface area contributed by atoms with E-state index in [-0.39, 0.29) is 6.10 Å². The predicted octanol–water partition coefficient (Wildman–Crippen LogP) is 3.59. The molecule has 138 valence electrons. The second-order valence-corrected chi connectivity index (χ2v) is 7.09. The molecule has 0 saturated carbocycles. The van der Waals surface area contributed by atoms with E-state index in [9.17, 15) is 4.79 Å². The van der Waals surface area contributed by atoms with Crippen LogP contribution in [-0.4, -0.2) is 42.7 Å². The van der Waals surface area contributed by atoms with Crippen LogP contribution in [0.15, 0.2) is 23.4 Å². The maximum atomic E-state index is 12.2. The van der Waals surface area contributed by atoms with E-state index in [1.54, 1.807) is 25.1 Å². The van der Waals surface area contributed by atoms with Crippen molar-refractivity contribution in [1.29, 1.82) is 0 Å². The van der Waals surface area contributed by atoms with Crippen molar-refractivity contribution in [3.63, 3.8) is 0 Å². The van der Waals surface area contributed by atoms with Crippen molar-refractivity contribution in [2.75, 3.05) is 13.2 Å². The van der Waals surface area contributed by atoms with Gasteiger partial charge in [0.1, 0.15) is 29.8 Å². The molecule has 7 heteroatoms. The molecule has 0 spiro atoms. The third-order valence-electron chi connectivity index (χ3n) is 3.32. The SMILES string of the molecule is CCOC1CON=C1c1cc(Cl)ccc1O[C@@H](C)C(=O)OC(C)(C)C.